The highest BCUT2D eigenvalue weighted by Crippen LogP contribution is 2.65. The highest BCUT2D eigenvalue weighted by atomic mass is 16.5. The first-order valence-electron chi connectivity index (χ1n) is 12.0. The van der Waals surface area contributed by atoms with Crippen molar-refractivity contribution in [2.24, 2.45) is 28.6 Å². The molecule has 1 aromatic rings. The van der Waals surface area contributed by atoms with Crippen LogP contribution in [0.1, 0.15) is 58.8 Å². The van der Waals surface area contributed by atoms with Gasteiger partial charge in [0.15, 0.2) is 0 Å². The monoisotopic (exact) mass is 402 g/mol. The van der Waals surface area contributed by atoms with E-state index in [4.69, 9.17) is 4.74 Å². The quantitative estimate of drug-likeness (QED) is 0.703. The van der Waals surface area contributed by atoms with Crippen molar-refractivity contribution in [1.82, 2.24) is 0 Å². The van der Waals surface area contributed by atoms with Crippen molar-refractivity contribution in [3.63, 3.8) is 0 Å². The van der Waals surface area contributed by atoms with Gasteiger partial charge < -0.3 is 9.84 Å². The van der Waals surface area contributed by atoms with Gasteiger partial charge in [0.05, 0.1) is 6.10 Å². The number of aliphatic hydroxyl groups excluding tert-OH is 1. The molecule has 5 aliphatic rings. The van der Waals surface area contributed by atoms with Crippen LogP contribution in [-0.4, -0.2) is 17.8 Å². The van der Waals surface area contributed by atoms with Gasteiger partial charge in [-0.15, -0.1) is 0 Å². The number of fused-ring (bicyclic) bond motifs is 6. The van der Waals surface area contributed by atoms with Crippen LogP contribution in [0.25, 0.3) is 11.8 Å². The minimum atomic E-state index is -0.119. The first kappa shape index (κ1) is 18.9. The zero-order valence-electron chi connectivity index (χ0n) is 18.4. The van der Waals surface area contributed by atoms with Gasteiger partial charge in [0.1, 0.15) is 12.4 Å². The SMILES string of the molecule is CC12CCC(O)CC1=CCC1C2CCC2(C)C(C3=c4ccccc4=CCO3)=CCC12. The summed E-state index contributed by atoms with van der Waals surface area (Å²) in [6.07, 6.45) is 15.1. The van der Waals surface area contributed by atoms with Crippen molar-refractivity contribution in [2.75, 3.05) is 6.61 Å². The molecule has 6 rings (SSSR count). The molecule has 0 bridgehead atoms. The maximum Gasteiger partial charge on any atom is 0.131 e. The number of ether oxygens (including phenoxy) is 1. The topological polar surface area (TPSA) is 29.5 Å². The van der Waals surface area contributed by atoms with Crippen LogP contribution in [0.15, 0.2) is 47.6 Å². The summed E-state index contributed by atoms with van der Waals surface area (Å²) < 4.78 is 6.31. The fourth-order valence-electron chi connectivity index (χ4n) is 7.96. The van der Waals surface area contributed by atoms with Crippen LogP contribution in [0.4, 0.5) is 0 Å². The average Bonchev–Trinajstić information content (AvgIpc) is 3.11. The number of aliphatic hydroxyl groups is 1. The predicted octanol–water partition coefficient (Wildman–Crippen LogP) is 4.47. The number of hydrogen-bond donors (Lipinski definition) is 1. The largest absolute Gasteiger partial charge is 0.489 e. The van der Waals surface area contributed by atoms with E-state index in [-0.39, 0.29) is 11.5 Å². The molecular formula is C28H34O2. The molecule has 6 unspecified atom stereocenters. The molecule has 2 nitrogen and oxygen atoms in total. The van der Waals surface area contributed by atoms with Crippen LogP contribution >= 0.6 is 0 Å². The van der Waals surface area contributed by atoms with Crippen LogP contribution < -0.4 is 10.4 Å². The lowest BCUT2D eigenvalue weighted by molar-refractivity contribution is -0.0290. The van der Waals surface area contributed by atoms with Crippen molar-refractivity contribution < 1.29 is 9.84 Å². The van der Waals surface area contributed by atoms with Crippen LogP contribution in [0.3, 0.4) is 0 Å². The van der Waals surface area contributed by atoms with E-state index in [1.807, 2.05) is 0 Å². The van der Waals surface area contributed by atoms with Crippen molar-refractivity contribution in [1.29, 1.82) is 0 Å². The molecule has 1 N–H and O–H groups in total. The van der Waals surface area contributed by atoms with Gasteiger partial charge in [-0.25, -0.2) is 0 Å². The van der Waals surface area contributed by atoms with Gasteiger partial charge in [0.2, 0.25) is 0 Å². The standard InChI is InChI=1S/C28H34O2/c1-27-14-11-20(29)17-19(27)7-8-22-23-9-10-25(28(23,2)15-12-24(22)27)26-21-6-4-3-5-18(21)13-16-30-26/h3-7,10,13,20,22-24,29H,8-9,11-12,14-17H2,1-2H3. The highest BCUT2D eigenvalue weighted by molar-refractivity contribution is 5.64. The molecule has 1 aliphatic heterocycles. The van der Waals surface area contributed by atoms with Gasteiger partial charge in [-0.1, -0.05) is 55.8 Å². The highest BCUT2D eigenvalue weighted by Gasteiger charge is 2.57. The van der Waals surface area contributed by atoms with Gasteiger partial charge >= 0.3 is 0 Å². The first-order valence-corrected chi connectivity index (χ1v) is 12.0. The van der Waals surface area contributed by atoms with Gasteiger partial charge in [0.25, 0.3) is 0 Å². The Labute approximate surface area is 180 Å². The lowest BCUT2D eigenvalue weighted by Gasteiger charge is -2.57. The van der Waals surface area contributed by atoms with Crippen molar-refractivity contribution in [3.05, 3.63) is 58.0 Å². The van der Waals surface area contributed by atoms with Crippen LogP contribution in [-0.2, 0) is 4.74 Å². The molecule has 0 radical (unpaired) electrons. The third-order valence-corrected chi connectivity index (χ3v) is 9.64. The number of benzene rings is 1. The molecule has 0 saturated heterocycles. The molecule has 0 amide bonds. The van der Waals surface area contributed by atoms with Crippen molar-refractivity contribution in [3.8, 4) is 0 Å². The molecule has 30 heavy (non-hydrogen) atoms. The zero-order chi connectivity index (χ0) is 20.5. The van der Waals surface area contributed by atoms with Gasteiger partial charge in [-0.3, -0.25) is 0 Å². The molecule has 0 spiro atoms. The molecule has 2 heteroatoms. The minimum absolute atomic E-state index is 0.119. The van der Waals surface area contributed by atoms with Crippen LogP contribution in [0.5, 0.6) is 0 Å². The summed E-state index contributed by atoms with van der Waals surface area (Å²) in [4.78, 5) is 0. The van der Waals surface area contributed by atoms with E-state index in [9.17, 15) is 5.11 Å². The first-order chi connectivity index (χ1) is 14.5. The summed E-state index contributed by atoms with van der Waals surface area (Å²) in [5, 5.41) is 12.8. The van der Waals surface area contributed by atoms with Crippen molar-refractivity contribution >= 4 is 11.8 Å². The lowest BCUT2D eigenvalue weighted by atomic mass is 9.47. The molecular weight excluding hydrogens is 368 g/mol. The summed E-state index contributed by atoms with van der Waals surface area (Å²) in [6.45, 7) is 5.72. The summed E-state index contributed by atoms with van der Waals surface area (Å²) in [5.74, 6) is 3.39. The molecule has 6 atom stereocenters. The average molecular weight is 403 g/mol. The Kier molecular flexibility index (Phi) is 4.16. The van der Waals surface area contributed by atoms with Crippen molar-refractivity contribution in [2.45, 2.75) is 64.9 Å². The summed E-state index contributed by atoms with van der Waals surface area (Å²) in [7, 11) is 0. The Morgan fingerprint density at radius 2 is 1.77 bits per heavy atom. The second kappa shape index (κ2) is 6.60. The van der Waals surface area contributed by atoms with E-state index < -0.39 is 0 Å². The molecule has 2 fully saturated rings. The fourth-order valence-corrected chi connectivity index (χ4v) is 7.96. The zero-order valence-corrected chi connectivity index (χ0v) is 18.4. The van der Waals surface area contributed by atoms with E-state index in [2.05, 4.69) is 56.3 Å². The van der Waals surface area contributed by atoms with E-state index in [1.165, 1.54) is 41.7 Å². The smallest absolute Gasteiger partial charge is 0.131 e. The van der Waals surface area contributed by atoms with E-state index in [1.54, 1.807) is 5.57 Å². The van der Waals surface area contributed by atoms with Crippen LogP contribution in [0.2, 0.25) is 0 Å². The Bertz CT molecular complexity index is 1060. The number of rotatable bonds is 1. The normalized spacial score (nSPS) is 41.9. The number of hydrogen-bond acceptors (Lipinski definition) is 2. The molecule has 158 valence electrons. The molecule has 1 aromatic carbocycles. The van der Waals surface area contributed by atoms with E-state index in [0.717, 1.165) is 36.9 Å². The van der Waals surface area contributed by atoms with E-state index in [0.29, 0.717) is 17.9 Å². The summed E-state index contributed by atoms with van der Waals surface area (Å²) in [6, 6.07) is 8.72. The predicted molar refractivity (Wildman–Crippen MR) is 121 cm³/mol. The Balaban J connectivity index is 1.38. The fraction of sp³-hybridized carbons (Fsp3) is 0.571. The minimum Gasteiger partial charge on any atom is -0.489 e. The summed E-state index contributed by atoms with van der Waals surface area (Å²) in [5.41, 5.74) is 3.57. The maximum atomic E-state index is 10.2. The maximum absolute atomic E-state index is 10.2. The van der Waals surface area contributed by atoms with Gasteiger partial charge in [-0.05, 0) is 90.4 Å². The third-order valence-electron chi connectivity index (χ3n) is 9.64. The lowest BCUT2D eigenvalue weighted by Crippen LogP contribution is -2.50. The summed E-state index contributed by atoms with van der Waals surface area (Å²) >= 11 is 0. The van der Waals surface area contributed by atoms with Crippen LogP contribution in [0, 0.1) is 28.6 Å². The number of allylic oxidation sites excluding steroid dienone is 2. The van der Waals surface area contributed by atoms with Gasteiger partial charge in [0, 0.05) is 5.22 Å². The Hall–Kier alpha value is -1.80. The molecule has 0 aromatic heterocycles. The molecule has 1 heterocycles. The van der Waals surface area contributed by atoms with Gasteiger partial charge in [-0.2, -0.15) is 0 Å². The Morgan fingerprint density at radius 3 is 2.67 bits per heavy atom. The molecule has 4 aliphatic carbocycles. The Morgan fingerprint density at radius 1 is 0.933 bits per heavy atom. The second-order valence-corrected chi connectivity index (χ2v) is 10.9. The molecule has 2 saturated carbocycles. The third kappa shape index (κ3) is 2.52. The second-order valence-electron chi connectivity index (χ2n) is 10.9. The van der Waals surface area contributed by atoms with E-state index >= 15 is 0 Å².